The summed E-state index contributed by atoms with van der Waals surface area (Å²) in [5, 5.41) is 19.5. The maximum absolute atomic E-state index is 10.9. The average Bonchev–Trinajstić information content (AvgIpc) is 2.24. The van der Waals surface area contributed by atoms with Gasteiger partial charge >= 0.3 is 11.7 Å². The van der Waals surface area contributed by atoms with E-state index in [2.05, 4.69) is 4.98 Å². The van der Waals surface area contributed by atoms with Crippen molar-refractivity contribution in [3.05, 3.63) is 27.9 Å². The summed E-state index contributed by atoms with van der Waals surface area (Å²) in [5.74, 6) is -0.761. The van der Waals surface area contributed by atoms with Crippen molar-refractivity contribution in [1.29, 1.82) is 0 Å². The van der Waals surface area contributed by atoms with E-state index in [9.17, 15) is 14.9 Å². The van der Waals surface area contributed by atoms with Crippen molar-refractivity contribution in [2.45, 2.75) is 13.3 Å². The van der Waals surface area contributed by atoms with Gasteiger partial charge in [-0.15, -0.1) is 0 Å². The molecule has 17 heavy (non-hydrogen) atoms. The molecule has 1 N–H and O–H groups in total. The fourth-order valence-electron chi connectivity index (χ4n) is 1.41. The Labute approximate surface area is 97.8 Å². The number of carbonyl (C=O) groups is 1. The minimum Gasteiger partial charge on any atom is -0.481 e. The van der Waals surface area contributed by atoms with Gasteiger partial charge in [0.1, 0.15) is 0 Å². The largest absolute Gasteiger partial charge is 0.481 e. The molecule has 0 unspecified atom stereocenters. The fraction of sp³-hybridized carbons (Fsp3) is 0.400. The predicted molar refractivity (Wildman–Crippen MR) is 61.2 cm³/mol. The predicted octanol–water partition coefficient (Wildman–Crippen LogP) is 1.21. The van der Waals surface area contributed by atoms with Crippen LogP contribution in [0.4, 0.5) is 11.5 Å². The topological polar surface area (TPSA) is 96.6 Å². The van der Waals surface area contributed by atoms with Crippen molar-refractivity contribution in [2.24, 2.45) is 0 Å². The van der Waals surface area contributed by atoms with Gasteiger partial charge in [-0.2, -0.15) is 0 Å². The van der Waals surface area contributed by atoms with E-state index in [0.29, 0.717) is 5.56 Å². The summed E-state index contributed by atoms with van der Waals surface area (Å²) >= 11 is 0. The molecule has 0 fully saturated rings. The second-order valence-corrected chi connectivity index (χ2v) is 3.62. The first kappa shape index (κ1) is 12.9. The number of hydrogen-bond acceptors (Lipinski definition) is 5. The molecule has 0 amide bonds. The molecule has 0 bridgehead atoms. The van der Waals surface area contributed by atoms with E-state index in [1.807, 2.05) is 0 Å². The molecule has 0 aliphatic heterocycles. The second kappa shape index (κ2) is 5.24. The van der Waals surface area contributed by atoms with Crippen LogP contribution in [0.2, 0.25) is 0 Å². The van der Waals surface area contributed by atoms with Gasteiger partial charge in [0.15, 0.2) is 0 Å². The van der Waals surface area contributed by atoms with Crippen molar-refractivity contribution in [3.8, 4) is 0 Å². The third kappa shape index (κ3) is 3.13. The molecule has 0 radical (unpaired) electrons. The first-order valence-corrected chi connectivity index (χ1v) is 4.96. The minimum atomic E-state index is -0.952. The van der Waals surface area contributed by atoms with Crippen LogP contribution in [0.3, 0.4) is 0 Å². The number of pyridine rings is 1. The fourth-order valence-corrected chi connectivity index (χ4v) is 1.41. The van der Waals surface area contributed by atoms with Crippen molar-refractivity contribution in [1.82, 2.24) is 4.98 Å². The highest BCUT2D eigenvalue weighted by Crippen LogP contribution is 2.27. The highest BCUT2D eigenvalue weighted by atomic mass is 16.6. The number of nitro groups is 1. The lowest BCUT2D eigenvalue weighted by atomic mass is 10.2. The summed E-state index contributed by atoms with van der Waals surface area (Å²) in [6.45, 7) is 1.79. The number of aromatic nitrogens is 1. The molecule has 0 aliphatic rings. The summed E-state index contributed by atoms with van der Waals surface area (Å²) in [4.78, 5) is 26.2. The quantitative estimate of drug-likeness (QED) is 0.612. The molecule has 92 valence electrons. The Kier molecular flexibility index (Phi) is 3.97. The molecule has 7 nitrogen and oxygen atoms in total. The van der Waals surface area contributed by atoms with Crippen LogP contribution in [0.1, 0.15) is 12.0 Å². The molecule has 1 heterocycles. The van der Waals surface area contributed by atoms with Gasteiger partial charge in [0.05, 0.1) is 11.3 Å². The number of rotatable bonds is 5. The zero-order valence-corrected chi connectivity index (χ0v) is 9.58. The average molecular weight is 239 g/mol. The van der Waals surface area contributed by atoms with Crippen LogP contribution >= 0.6 is 0 Å². The number of aryl methyl sites for hydroxylation is 1. The molecule has 0 spiro atoms. The van der Waals surface area contributed by atoms with Crippen molar-refractivity contribution in [2.75, 3.05) is 18.5 Å². The van der Waals surface area contributed by atoms with E-state index in [4.69, 9.17) is 5.11 Å². The third-order valence-corrected chi connectivity index (χ3v) is 2.31. The second-order valence-electron chi connectivity index (χ2n) is 3.62. The Morgan fingerprint density at radius 3 is 2.82 bits per heavy atom. The van der Waals surface area contributed by atoms with E-state index in [0.717, 1.165) is 0 Å². The van der Waals surface area contributed by atoms with E-state index >= 15 is 0 Å². The van der Waals surface area contributed by atoms with Gasteiger partial charge in [0.2, 0.25) is 5.82 Å². The lowest BCUT2D eigenvalue weighted by Crippen LogP contribution is -2.23. The van der Waals surface area contributed by atoms with Crippen LogP contribution in [0.25, 0.3) is 0 Å². The molecule has 0 atom stereocenters. The Balaban J connectivity index is 3.00. The lowest BCUT2D eigenvalue weighted by Gasteiger charge is -2.17. The summed E-state index contributed by atoms with van der Waals surface area (Å²) in [6.07, 6.45) is 1.37. The normalized spacial score (nSPS) is 10.0. The third-order valence-electron chi connectivity index (χ3n) is 2.31. The SMILES string of the molecule is Cc1ccnc(N(C)CCC(=O)O)c1[N+](=O)[O-]. The smallest absolute Gasteiger partial charge is 0.314 e. The van der Waals surface area contributed by atoms with Crippen LogP contribution in [-0.2, 0) is 4.79 Å². The summed E-state index contributed by atoms with van der Waals surface area (Å²) in [6, 6.07) is 1.55. The number of aliphatic carboxylic acids is 1. The number of anilines is 1. The molecule has 0 aromatic carbocycles. The number of carboxylic acids is 1. The Morgan fingerprint density at radius 1 is 1.65 bits per heavy atom. The van der Waals surface area contributed by atoms with Gasteiger partial charge in [-0.05, 0) is 13.0 Å². The van der Waals surface area contributed by atoms with Gasteiger partial charge in [-0.3, -0.25) is 14.9 Å². The van der Waals surface area contributed by atoms with Gasteiger partial charge in [-0.1, -0.05) is 0 Å². The van der Waals surface area contributed by atoms with Crippen molar-refractivity contribution >= 4 is 17.5 Å². The Morgan fingerprint density at radius 2 is 2.29 bits per heavy atom. The zero-order chi connectivity index (χ0) is 13.0. The molecule has 1 aromatic rings. The molecule has 7 heteroatoms. The van der Waals surface area contributed by atoms with E-state index < -0.39 is 10.9 Å². The van der Waals surface area contributed by atoms with Gasteiger partial charge in [-0.25, -0.2) is 4.98 Å². The Bertz CT molecular complexity index is 447. The summed E-state index contributed by atoms with van der Waals surface area (Å²) in [7, 11) is 1.58. The lowest BCUT2D eigenvalue weighted by molar-refractivity contribution is -0.384. The Hall–Kier alpha value is -2.18. The minimum absolute atomic E-state index is 0.0830. The molecular weight excluding hydrogens is 226 g/mol. The molecule has 0 saturated carbocycles. The van der Waals surface area contributed by atoms with Crippen LogP contribution < -0.4 is 4.90 Å². The number of hydrogen-bond donors (Lipinski definition) is 1. The van der Waals surface area contributed by atoms with Gasteiger partial charge in [0.25, 0.3) is 0 Å². The molecule has 0 aliphatic carbocycles. The molecule has 1 rings (SSSR count). The van der Waals surface area contributed by atoms with Crippen LogP contribution in [0.5, 0.6) is 0 Å². The molecule has 0 saturated heterocycles. The summed E-state index contributed by atoms with van der Waals surface area (Å²) < 4.78 is 0. The summed E-state index contributed by atoms with van der Waals surface area (Å²) in [5.41, 5.74) is 0.419. The van der Waals surface area contributed by atoms with Crippen molar-refractivity contribution < 1.29 is 14.8 Å². The van der Waals surface area contributed by atoms with E-state index in [-0.39, 0.29) is 24.5 Å². The maximum Gasteiger partial charge on any atom is 0.314 e. The number of carboxylic acid groups (broad SMARTS) is 1. The molecule has 1 aromatic heterocycles. The van der Waals surface area contributed by atoms with Crippen LogP contribution in [0, 0.1) is 17.0 Å². The van der Waals surface area contributed by atoms with Crippen LogP contribution in [0.15, 0.2) is 12.3 Å². The van der Waals surface area contributed by atoms with E-state index in [1.165, 1.54) is 11.1 Å². The molecular formula is C10H13N3O4. The highest BCUT2D eigenvalue weighted by molar-refractivity contribution is 5.68. The first-order chi connectivity index (χ1) is 7.93. The van der Waals surface area contributed by atoms with Gasteiger partial charge < -0.3 is 10.0 Å². The highest BCUT2D eigenvalue weighted by Gasteiger charge is 2.21. The monoisotopic (exact) mass is 239 g/mol. The van der Waals surface area contributed by atoms with Crippen LogP contribution in [-0.4, -0.2) is 34.6 Å². The standard InChI is InChI=1S/C10H13N3O4/c1-7-3-5-11-10(9(7)13(16)17)12(2)6-4-8(14)15/h3,5H,4,6H2,1-2H3,(H,14,15). The van der Waals surface area contributed by atoms with Crippen molar-refractivity contribution in [3.63, 3.8) is 0 Å². The van der Waals surface area contributed by atoms with Gasteiger partial charge in [0, 0.05) is 25.4 Å². The number of nitrogens with zero attached hydrogens (tertiary/aromatic N) is 3. The maximum atomic E-state index is 10.9. The first-order valence-electron chi connectivity index (χ1n) is 4.96. The van der Waals surface area contributed by atoms with E-state index in [1.54, 1.807) is 20.0 Å². The zero-order valence-electron chi connectivity index (χ0n) is 9.58.